The number of esters is 1. The van der Waals surface area contributed by atoms with Gasteiger partial charge in [0.2, 0.25) is 5.91 Å². The molecule has 0 spiro atoms. The molecule has 150 valence electrons. The minimum Gasteiger partial charge on any atom is -0.458 e. The molecule has 0 bridgehead atoms. The molecule has 1 unspecified atom stereocenters. The molecule has 2 amide bonds. The van der Waals surface area contributed by atoms with Gasteiger partial charge in [0.05, 0.1) is 0 Å². The predicted molar refractivity (Wildman–Crippen MR) is 101 cm³/mol. The van der Waals surface area contributed by atoms with Crippen LogP contribution >= 0.6 is 0 Å². The molecule has 1 aromatic rings. The molecule has 3 N–H and O–H groups in total. The van der Waals surface area contributed by atoms with E-state index in [-0.39, 0.29) is 12.3 Å². The lowest BCUT2D eigenvalue weighted by Gasteiger charge is -2.26. The lowest BCUT2D eigenvalue weighted by Crippen LogP contribution is -2.50. The molecule has 0 aliphatic carbocycles. The van der Waals surface area contributed by atoms with E-state index in [1.165, 1.54) is 5.48 Å². The van der Waals surface area contributed by atoms with Gasteiger partial charge in [0.1, 0.15) is 17.6 Å². The van der Waals surface area contributed by atoms with E-state index in [1.807, 2.05) is 19.9 Å². The van der Waals surface area contributed by atoms with E-state index < -0.39 is 35.3 Å². The normalized spacial score (nSPS) is 13.6. The van der Waals surface area contributed by atoms with E-state index in [9.17, 15) is 14.4 Å². The molecule has 0 heterocycles. The average Bonchev–Trinajstić information content (AvgIpc) is 2.57. The van der Waals surface area contributed by atoms with Crippen molar-refractivity contribution in [1.29, 1.82) is 0 Å². The van der Waals surface area contributed by atoms with Crippen LogP contribution in [0.2, 0.25) is 0 Å². The van der Waals surface area contributed by atoms with Crippen LogP contribution in [0.4, 0.5) is 0 Å². The number of carbonyl (C=O) groups is 3. The van der Waals surface area contributed by atoms with Crippen LogP contribution in [0.5, 0.6) is 0 Å². The monoisotopic (exact) mass is 378 g/mol. The van der Waals surface area contributed by atoms with Crippen LogP contribution in [0.25, 0.3) is 0 Å². The van der Waals surface area contributed by atoms with E-state index in [0.29, 0.717) is 6.42 Å². The summed E-state index contributed by atoms with van der Waals surface area (Å²) in [6.07, 6.45) is 0.473. The van der Waals surface area contributed by atoms with Crippen molar-refractivity contribution < 1.29 is 24.3 Å². The smallest absolute Gasteiger partial charge is 0.329 e. The van der Waals surface area contributed by atoms with Crippen LogP contribution in [0.3, 0.4) is 0 Å². The number of nitrogens with one attached hydrogen (secondary N) is 2. The summed E-state index contributed by atoms with van der Waals surface area (Å²) in [4.78, 5) is 37.2. The van der Waals surface area contributed by atoms with Crippen LogP contribution in [-0.4, -0.2) is 34.6 Å². The number of rotatable bonds is 8. The summed E-state index contributed by atoms with van der Waals surface area (Å²) >= 11 is 0. The standard InChI is InChI=1S/C20H30N2O5/c1-13(2)11-16(19(25)27-20(3,4)5)21-17(23)15(18(24)22-26)12-14-9-7-6-8-10-14/h6-10,13,15-16,26H,11-12H2,1-5H3,(H,21,23)(H,22,24)/t15?,16-/m0/s1. The molecule has 0 aromatic heterocycles. The van der Waals surface area contributed by atoms with Crippen molar-refractivity contribution in [3.8, 4) is 0 Å². The fourth-order valence-electron chi connectivity index (χ4n) is 2.56. The SMILES string of the molecule is CC(C)C[C@H](NC(=O)C(Cc1ccccc1)C(=O)NO)C(=O)OC(C)(C)C. The van der Waals surface area contributed by atoms with Gasteiger partial charge in [0.15, 0.2) is 0 Å². The molecule has 1 aromatic carbocycles. The fourth-order valence-corrected chi connectivity index (χ4v) is 2.56. The number of hydrogen-bond acceptors (Lipinski definition) is 5. The number of ether oxygens (including phenoxy) is 1. The second kappa shape index (κ2) is 10.1. The van der Waals surface area contributed by atoms with Gasteiger partial charge < -0.3 is 10.1 Å². The summed E-state index contributed by atoms with van der Waals surface area (Å²) in [6, 6.07) is 8.11. The summed E-state index contributed by atoms with van der Waals surface area (Å²) in [5, 5.41) is 11.6. The molecule has 0 fully saturated rings. The minimum atomic E-state index is -1.17. The Morgan fingerprint density at radius 2 is 1.67 bits per heavy atom. The first-order valence-corrected chi connectivity index (χ1v) is 9.04. The van der Waals surface area contributed by atoms with Crippen molar-refractivity contribution in [1.82, 2.24) is 10.8 Å². The molecular formula is C20H30N2O5. The molecule has 2 atom stereocenters. The van der Waals surface area contributed by atoms with Gasteiger partial charge in [-0.1, -0.05) is 44.2 Å². The van der Waals surface area contributed by atoms with Gasteiger partial charge in [-0.25, -0.2) is 10.3 Å². The predicted octanol–water partition coefficient (Wildman–Crippen LogP) is 2.22. The maximum absolute atomic E-state index is 12.7. The van der Waals surface area contributed by atoms with Gasteiger partial charge in [0.25, 0.3) is 5.91 Å². The van der Waals surface area contributed by atoms with Gasteiger partial charge in [0, 0.05) is 0 Å². The summed E-state index contributed by atoms with van der Waals surface area (Å²) < 4.78 is 5.38. The van der Waals surface area contributed by atoms with Crippen LogP contribution in [0.15, 0.2) is 30.3 Å². The van der Waals surface area contributed by atoms with E-state index in [1.54, 1.807) is 45.0 Å². The number of hydrogen-bond donors (Lipinski definition) is 3. The number of carbonyl (C=O) groups excluding carboxylic acids is 3. The Morgan fingerprint density at radius 1 is 1.07 bits per heavy atom. The molecular weight excluding hydrogens is 348 g/mol. The first-order valence-electron chi connectivity index (χ1n) is 9.04. The molecule has 0 saturated heterocycles. The Bertz CT molecular complexity index is 638. The quantitative estimate of drug-likeness (QED) is 0.278. The Morgan fingerprint density at radius 3 is 2.15 bits per heavy atom. The summed E-state index contributed by atoms with van der Waals surface area (Å²) in [5.41, 5.74) is 1.60. The largest absolute Gasteiger partial charge is 0.458 e. The number of benzene rings is 1. The first-order chi connectivity index (χ1) is 12.5. The highest BCUT2D eigenvalue weighted by atomic mass is 16.6. The highest BCUT2D eigenvalue weighted by Crippen LogP contribution is 2.15. The van der Waals surface area contributed by atoms with Crippen molar-refractivity contribution in [2.45, 2.75) is 59.1 Å². The molecule has 7 heteroatoms. The van der Waals surface area contributed by atoms with Crippen molar-refractivity contribution >= 4 is 17.8 Å². The van der Waals surface area contributed by atoms with Crippen LogP contribution < -0.4 is 10.8 Å². The Balaban J connectivity index is 2.96. The molecule has 0 aliphatic heterocycles. The number of amides is 2. The van der Waals surface area contributed by atoms with E-state index in [4.69, 9.17) is 9.94 Å². The first kappa shape index (κ1) is 22.6. The highest BCUT2D eigenvalue weighted by molar-refractivity contribution is 6.01. The van der Waals surface area contributed by atoms with E-state index in [2.05, 4.69) is 5.32 Å². The molecule has 7 nitrogen and oxygen atoms in total. The van der Waals surface area contributed by atoms with Crippen molar-refractivity contribution in [3.63, 3.8) is 0 Å². The van der Waals surface area contributed by atoms with Crippen LogP contribution in [-0.2, 0) is 25.5 Å². The van der Waals surface area contributed by atoms with Crippen molar-refractivity contribution in [2.24, 2.45) is 11.8 Å². The third-order valence-electron chi connectivity index (χ3n) is 3.74. The Hall–Kier alpha value is -2.41. The Labute approximate surface area is 160 Å². The highest BCUT2D eigenvalue weighted by Gasteiger charge is 2.32. The van der Waals surface area contributed by atoms with Gasteiger partial charge in [-0.15, -0.1) is 0 Å². The summed E-state index contributed by atoms with van der Waals surface area (Å²) in [5.74, 6) is -3.06. The second-order valence-corrected chi connectivity index (χ2v) is 7.94. The van der Waals surface area contributed by atoms with Crippen molar-refractivity contribution in [3.05, 3.63) is 35.9 Å². The molecule has 27 heavy (non-hydrogen) atoms. The van der Waals surface area contributed by atoms with Gasteiger partial charge in [-0.2, -0.15) is 0 Å². The third kappa shape index (κ3) is 8.21. The summed E-state index contributed by atoms with van der Waals surface area (Å²) in [6.45, 7) is 9.08. The topological polar surface area (TPSA) is 105 Å². The molecule has 0 radical (unpaired) electrons. The maximum atomic E-state index is 12.7. The fraction of sp³-hybridized carbons (Fsp3) is 0.550. The molecule has 1 rings (SSSR count). The van der Waals surface area contributed by atoms with Crippen molar-refractivity contribution in [2.75, 3.05) is 0 Å². The third-order valence-corrected chi connectivity index (χ3v) is 3.74. The average molecular weight is 378 g/mol. The zero-order chi connectivity index (χ0) is 20.6. The lowest BCUT2D eigenvalue weighted by molar-refractivity contribution is -0.160. The van der Waals surface area contributed by atoms with E-state index >= 15 is 0 Å². The van der Waals surface area contributed by atoms with Gasteiger partial charge >= 0.3 is 5.97 Å². The minimum absolute atomic E-state index is 0.0990. The maximum Gasteiger partial charge on any atom is 0.329 e. The van der Waals surface area contributed by atoms with E-state index in [0.717, 1.165) is 5.56 Å². The van der Waals surface area contributed by atoms with Gasteiger partial charge in [-0.3, -0.25) is 14.8 Å². The van der Waals surface area contributed by atoms with Crippen LogP contribution in [0, 0.1) is 11.8 Å². The van der Waals surface area contributed by atoms with Gasteiger partial charge in [-0.05, 0) is 45.1 Å². The van der Waals surface area contributed by atoms with Crippen LogP contribution in [0.1, 0.15) is 46.6 Å². The Kier molecular flexibility index (Phi) is 8.43. The second-order valence-electron chi connectivity index (χ2n) is 7.94. The zero-order valence-corrected chi connectivity index (χ0v) is 16.6. The molecule has 0 saturated carbocycles. The summed E-state index contributed by atoms with van der Waals surface area (Å²) in [7, 11) is 0. The lowest BCUT2D eigenvalue weighted by atomic mass is 9.96. The molecule has 0 aliphatic rings. The zero-order valence-electron chi connectivity index (χ0n) is 16.6. The number of hydroxylamine groups is 1.